The summed E-state index contributed by atoms with van der Waals surface area (Å²) in [6.07, 6.45) is 2.21. The normalized spacial score (nSPS) is 17.4. The summed E-state index contributed by atoms with van der Waals surface area (Å²) in [5, 5.41) is 0. The van der Waals surface area contributed by atoms with Crippen molar-refractivity contribution in [1.82, 2.24) is 9.71 Å². The van der Waals surface area contributed by atoms with E-state index in [-0.39, 0.29) is 11.3 Å². The number of hydrogen-bond donors (Lipinski definition) is 1. The van der Waals surface area contributed by atoms with Gasteiger partial charge in [0, 0.05) is 5.54 Å². The zero-order valence-corrected chi connectivity index (χ0v) is 13.0. The highest BCUT2D eigenvalue weighted by Gasteiger charge is 2.40. The molecule has 0 bridgehead atoms. The number of rotatable bonds is 5. The van der Waals surface area contributed by atoms with Crippen LogP contribution in [-0.4, -0.2) is 18.9 Å². The lowest BCUT2D eigenvalue weighted by Crippen LogP contribution is -2.45. The molecule has 1 aromatic heterocycles. The highest BCUT2D eigenvalue weighted by Crippen LogP contribution is 2.39. The molecule has 0 aromatic carbocycles. The van der Waals surface area contributed by atoms with Crippen LogP contribution in [0.5, 0.6) is 0 Å². The maximum atomic E-state index is 12.0. The first kappa shape index (κ1) is 13.5. The smallest absolute Gasteiger partial charge is 0.217 e. The minimum absolute atomic E-state index is 0.0623. The van der Waals surface area contributed by atoms with Crippen LogP contribution in [0, 0.1) is 5.92 Å². The monoisotopic (exact) mass is 338 g/mol. The summed E-state index contributed by atoms with van der Waals surface area (Å²) in [6.45, 7) is 3.89. The molecule has 0 aliphatic heterocycles. The lowest BCUT2D eigenvalue weighted by molar-refractivity contribution is 0.400. The number of nitrogens with one attached hydrogen (secondary N) is 1. The number of hydrogen-bond acceptors (Lipinski definition) is 4. The quantitative estimate of drug-likeness (QED) is 0.897. The number of sulfonamides is 1. The Morgan fingerprint density at radius 2 is 2.24 bits per heavy atom. The largest absolute Gasteiger partial charge is 0.247 e. The molecular formula is C10H15BrN2O2S2. The summed E-state index contributed by atoms with van der Waals surface area (Å²) in [6, 6.07) is 0. The molecule has 0 saturated heterocycles. The van der Waals surface area contributed by atoms with Crippen molar-refractivity contribution in [2.24, 2.45) is 5.92 Å². The van der Waals surface area contributed by atoms with Crippen molar-refractivity contribution in [3.63, 3.8) is 0 Å². The average Bonchev–Trinajstić information content (AvgIpc) is 2.92. The molecule has 0 amide bonds. The summed E-state index contributed by atoms with van der Waals surface area (Å²) in [5.41, 5.74) is 1.87. The van der Waals surface area contributed by atoms with Gasteiger partial charge in [0.15, 0.2) is 0 Å². The lowest BCUT2D eigenvalue weighted by Gasteiger charge is -2.25. The van der Waals surface area contributed by atoms with Crippen LogP contribution >= 0.6 is 27.3 Å². The summed E-state index contributed by atoms with van der Waals surface area (Å²) >= 11 is 4.70. The molecule has 1 N–H and O–H groups in total. The molecule has 96 valence electrons. The Hall–Kier alpha value is 0.0200. The molecule has 17 heavy (non-hydrogen) atoms. The van der Waals surface area contributed by atoms with Gasteiger partial charge in [-0.25, -0.2) is 18.1 Å². The number of thiazole rings is 1. The van der Waals surface area contributed by atoms with E-state index < -0.39 is 10.0 Å². The van der Waals surface area contributed by atoms with Crippen molar-refractivity contribution in [3.8, 4) is 0 Å². The summed E-state index contributed by atoms with van der Waals surface area (Å²) in [5.74, 6) is 0.406. The van der Waals surface area contributed by atoms with E-state index in [1.807, 2.05) is 13.8 Å². The van der Waals surface area contributed by atoms with E-state index >= 15 is 0 Å². The first-order valence-electron chi connectivity index (χ1n) is 5.40. The second-order valence-corrected chi connectivity index (χ2v) is 8.82. The predicted molar refractivity (Wildman–Crippen MR) is 72.4 cm³/mol. The van der Waals surface area contributed by atoms with E-state index in [9.17, 15) is 8.42 Å². The zero-order valence-electron chi connectivity index (χ0n) is 9.73. The van der Waals surface area contributed by atoms with Gasteiger partial charge in [-0.05, 0) is 48.5 Å². The van der Waals surface area contributed by atoms with Crippen molar-refractivity contribution in [2.75, 3.05) is 0 Å². The van der Waals surface area contributed by atoms with Crippen LogP contribution in [0.4, 0.5) is 0 Å². The minimum Gasteiger partial charge on any atom is -0.247 e. The maximum absolute atomic E-state index is 12.0. The Bertz CT molecular complexity index is 506. The highest BCUT2D eigenvalue weighted by atomic mass is 79.9. The summed E-state index contributed by atoms with van der Waals surface area (Å²) < 4.78 is 27.6. The standard InChI is InChI=1S/C10H15BrN2O2S2/c1-10(2,7-3-4-7)13-17(14,15)5-8-9(11)16-6-12-8/h6-7,13H,3-5H2,1-2H3. The maximum Gasteiger partial charge on any atom is 0.217 e. The fraction of sp³-hybridized carbons (Fsp3) is 0.700. The Kier molecular flexibility index (Phi) is 3.64. The fourth-order valence-electron chi connectivity index (χ4n) is 1.85. The van der Waals surface area contributed by atoms with Gasteiger partial charge in [-0.2, -0.15) is 0 Å². The van der Waals surface area contributed by atoms with Gasteiger partial charge in [0.05, 0.1) is 15.0 Å². The molecule has 1 aliphatic rings. The van der Waals surface area contributed by atoms with Gasteiger partial charge < -0.3 is 0 Å². The molecule has 1 fully saturated rings. The van der Waals surface area contributed by atoms with Gasteiger partial charge in [0.25, 0.3) is 0 Å². The first-order chi connectivity index (χ1) is 7.80. The Labute approximate surface area is 114 Å². The van der Waals surface area contributed by atoms with Gasteiger partial charge in [0.2, 0.25) is 10.0 Å². The Balaban J connectivity index is 2.07. The Morgan fingerprint density at radius 3 is 2.71 bits per heavy atom. The lowest BCUT2D eigenvalue weighted by atomic mass is 10.0. The van der Waals surface area contributed by atoms with Crippen LogP contribution in [0.1, 0.15) is 32.4 Å². The second-order valence-electron chi connectivity index (χ2n) is 4.93. The molecular weight excluding hydrogens is 324 g/mol. The number of aromatic nitrogens is 1. The minimum atomic E-state index is -3.33. The zero-order chi connectivity index (χ0) is 12.7. The Morgan fingerprint density at radius 1 is 1.59 bits per heavy atom. The molecule has 7 heteroatoms. The summed E-state index contributed by atoms with van der Waals surface area (Å²) in [4.78, 5) is 4.04. The molecule has 1 aliphatic carbocycles. The van der Waals surface area contributed by atoms with Gasteiger partial charge in [0.1, 0.15) is 5.75 Å². The highest BCUT2D eigenvalue weighted by molar-refractivity contribution is 9.11. The van der Waals surface area contributed by atoms with E-state index in [0.717, 1.165) is 16.6 Å². The molecule has 1 aromatic rings. The van der Waals surface area contributed by atoms with Crippen molar-refractivity contribution in [2.45, 2.75) is 38.0 Å². The molecule has 1 saturated carbocycles. The molecule has 2 rings (SSSR count). The van der Waals surface area contributed by atoms with Gasteiger partial charge in [-0.15, -0.1) is 11.3 Å². The molecule has 0 unspecified atom stereocenters. The van der Waals surface area contributed by atoms with Crippen molar-refractivity contribution >= 4 is 37.3 Å². The first-order valence-corrected chi connectivity index (χ1v) is 8.72. The van der Waals surface area contributed by atoms with Gasteiger partial charge in [-0.3, -0.25) is 0 Å². The topological polar surface area (TPSA) is 59.1 Å². The molecule has 4 nitrogen and oxygen atoms in total. The van der Waals surface area contributed by atoms with Crippen LogP contribution in [-0.2, 0) is 15.8 Å². The molecule has 0 atom stereocenters. The molecule has 1 heterocycles. The average molecular weight is 339 g/mol. The van der Waals surface area contributed by atoms with E-state index in [1.54, 1.807) is 5.51 Å². The van der Waals surface area contributed by atoms with Crippen LogP contribution in [0.3, 0.4) is 0 Å². The van der Waals surface area contributed by atoms with Gasteiger partial charge >= 0.3 is 0 Å². The van der Waals surface area contributed by atoms with E-state index in [4.69, 9.17) is 0 Å². The second kappa shape index (κ2) is 4.60. The van der Waals surface area contributed by atoms with Crippen molar-refractivity contribution in [1.29, 1.82) is 0 Å². The van der Waals surface area contributed by atoms with Crippen LogP contribution < -0.4 is 4.72 Å². The summed E-state index contributed by atoms with van der Waals surface area (Å²) in [7, 11) is -3.33. The third-order valence-electron chi connectivity index (χ3n) is 2.93. The molecule has 0 spiro atoms. The molecule has 0 radical (unpaired) electrons. The van der Waals surface area contributed by atoms with E-state index in [1.165, 1.54) is 11.3 Å². The van der Waals surface area contributed by atoms with Crippen molar-refractivity contribution < 1.29 is 8.42 Å². The third kappa shape index (κ3) is 3.49. The van der Waals surface area contributed by atoms with Crippen LogP contribution in [0.25, 0.3) is 0 Å². The van der Waals surface area contributed by atoms with E-state index in [2.05, 4.69) is 25.6 Å². The van der Waals surface area contributed by atoms with Crippen LogP contribution in [0.2, 0.25) is 0 Å². The van der Waals surface area contributed by atoms with Crippen molar-refractivity contribution in [3.05, 3.63) is 15.0 Å². The SMILES string of the molecule is CC(C)(NS(=O)(=O)Cc1ncsc1Br)C1CC1. The number of nitrogens with zero attached hydrogens (tertiary/aromatic N) is 1. The predicted octanol–water partition coefficient (Wildman–Crippen LogP) is 2.51. The number of halogens is 1. The van der Waals surface area contributed by atoms with Gasteiger partial charge in [-0.1, -0.05) is 0 Å². The van der Waals surface area contributed by atoms with Crippen LogP contribution in [0.15, 0.2) is 9.30 Å². The fourth-order valence-corrected chi connectivity index (χ4v) is 4.78. The third-order valence-corrected chi connectivity index (χ3v) is 6.10. The van der Waals surface area contributed by atoms with E-state index in [0.29, 0.717) is 11.6 Å².